The number of hydrogen-bond donors (Lipinski definition) is 3. The highest BCUT2D eigenvalue weighted by Gasteiger charge is 2.25. The number of rotatable bonds is 6. The third kappa shape index (κ3) is 3.76. The van der Waals surface area contributed by atoms with Crippen LogP contribution in [0, 0.1) is 0 Å². The number of ether oxygens (including phenoxy) is 1. The van der Waals surface area contributed by atoms with E-state index in [9.17, 15) is 19.8 Å². The van der Waals surface area contributed by atoms with E-state index < -0.39 is 24.1 Å². The zero-order valence-corrected chi connectivity index (χ0v) is 10.4. The Balaban J connectivity index is 2.64. The van der Waals surface area contributed by atoms with Crippen molar-refractivity contribution in [1.29, 1.82) is 0 Å². The molecule has 0 aliphatic carbocycles. The fourth-order valence-electron chi connectivity index (χ4n) is 1.19. The minimum absolute atomic E-state index is 0.0456. The number of carboxylic acids is 1. The van der Waals surface area contributed by atoms with Crippen molar-refractivity contribution < 1.29 is 29.6 Å². The molecule has 0 saturated heterocycles. The summed E-state index contributed by atoms with van der Waals surface area (Å²) in [5.41, 5.74) is -0.211. The molecule has 7 nitrogen and oxygen atoms in total. The van der Waals surface area contributed by atoms with Crippen molar-refractivity contribution >= 4 is 23.3 Å². The maximum absolute atomic E-state index is 11.1. The number of carbonyl (C=O) groups excluding carboxylic acids is 1. The molecule has 0 amide bonds. The molecule has 1 rings (SSSR count). The molecule has 0 bridgehead atoms. The third-order valence-electron chi connectivity index (χ3n) is 2.04. The van der Waals surface area contributed by atoms with Gasteiger partial charge in [0.05, 0.1) is 19.1 Å². The van der Waals surface area contributed by atoms with E-state index in [-0.39, 0.29) is 23.7 Å². The number of aromatic nitrogens is 1. The van der Waals surface area contributed by atoms with Crippen LogP contribution in [0.2, 0.25) is 0 Å². The van der Waals surface area contributed by atoms with Gasteiger partial charge in [0, 0.05) is 5.38 Å². The standard InChI is InChI=1S/C10H13NO6S/c1-2-17-7(13)3-6(12)8(14)9-11-5(4-18-9)10(15)16/h4,6,8,12,14H,2-3H2,1H3,(H,15,16). The van der Waals surface area contributed by atoms with E-state index >= 15 is 0 Å². The lowest BCUT2D eigenvalue weighted by atomic mass is 10.1. The van der Waals surface area contributed by atoms with Gasteiger partial charge in [-0.15, -0.1) is 11.3 Å². The summed E-state index contributed by atoms with van der Waals surface area (Å²) in [7, 11) is 0. The Kier molecular flexibility index (Phi) is 5.20. The topological polar surface area (TPSA) is 117 Å². The Bertz CT molecular complexity index is 432. The van der Waals surface area contributed by atoms with Gasteiger partial charge in [0.15, 0.2) is 5.69 Å². The van der Waals surface area contributed by atoms with E-state index in [2.05, 4.69) is 9.72 Å². The first-order chi connectivity index (χ1) is 8.45. The zero-order valence-electron chi connectivity index (χ0n) is 9.57. The fourth-order valence-corrected chi connectivity index (χ4v) is 2.02. The number of nitrogens with zero attached hydrogens (tertiary/aromatic N) is 1. The van der Waals surface area contributed by atoms with Crippen LogP contribution < -0.4 is 0 Å². The number of carbonyl (C=O) groups is 2. The highest BCUT2D eigenvalue weighted by molar-refractivity contribution is 7.09. The number of esters is 1. The zero-order chi connectivity index (χ0) is 13.7. The molecule has 0 aliphatic heterocycles. The maximum Gasteiger partial charge on any atom is 0.355 e. The third-order valence-corrected chi connectivity index (χ3v) is 2.96. The highest BCUT2D eigenvalue weighted by Crippen LogP contribution is 2.23. The van der Waals surface area contributed by atoms with Crippen LogP contribution in [-0.4, -0.2) is 45.0 Å². The van der Waals surface area contributed by atoms with Crippen LogP contribution in [0.25, 0.3) is 0 Å². The van der Waals surface area contributed by atoms with E-state index in [1.165, 1.54) is 5.38 Å². The summed E-state index contributed by atoms with van der Waals surface area (Å²) in [5, 5.41) is 29.2. The first-order valence-corrected chi connectivity index (χ1v) is 6.04. The molecule has 0 aliphatic rings. The Morgan fingerprint density at radius 1 is 1.50 bits per heavy atom. The molecule has 0 aromatic carbocycles. The second-order valence-electron chi connectivity index (χ2n) is 3.40. The minimum atomic E-state index is -1.41. The molecule has 1 heterocycles. The lowest BCUT2D eigenvalue weighted by Gasteiger charge is -2.14. The Labute approximate surface area is 107 Å². The van der Waals surface area contributed by atoms with Gasteiger partial charge < -0.3 is 20.1 Å². The number of aliphatic hydroxyl groups is 2. The lowest BCUT2D eigenvalue weighted by molar-refractivity contribution is -0.147. The summed E-state index contributed by atoms with van der Waals surface area (Å²) in [6, 6.07) is 0. The van der Waals surface area contributed by atoms with Crippen molar-refractivity contribution in [1.82, 2.24) is 4.98 Å². The quantitative estimate of drug-likeness (QED) is 0.634. The Morgan fingerprint density at radius 2 is 2.17 bits per heavy atom. The van der Waals surface area contributed by atoms with E-state index in [0.717, 1.165) is 11.3 Å². The van der Waals surface area contributed by atoms with Gasteiger partial charge in [-0.3, -0.25) is 4.79 Å². The minimum Gasteiger partial charge on any atom is -0.476 e. The van der Waals surface area contributed by atoms with E-state index in [1.54, 1.807) is 6.92 Å². The van der Waals surface area contributed by atoms with Gasteiger partial charge in [0.2, 0.25) is 0 Å². The monoisotopic (exact) mass is 275 g/mol. The molecular formula is C10H13NO6S. The molecule has 8 heteroatoms. The molecule has 1 aromatic heterocycles. The van der Waals surface area contributed by atoms with Crippen LogP contribution >= 0.6 is 11.3 Å². The predicted octanol–water partition coefficient (Wildman–Crippen LogP) is 0.189. The molecule has 2 unspecified atom stereocenters. The molecule has 1 aromatic rings. The molecule has 0 radical (unpaired) electrons. The lowest BCUT2D eigenvalue weighted by Crippen LogP contribution is -2.23. The van der Waals surface area contributed by atoms with Gasteiger partial charge in [0.1, 0.15) is 11.1 Å². The largest absolute Gasteiger partial charge is 0.476 e. The Hall–Kier alpha value is -1.51. The maximum atomic E-state index is 11.1. The molecular weight excluding hydrogens is 262 g/mol. The van der Waals surface area contributed by atoms with Crippen LogP contribution in [0.1, 0.15) is 34.9 Å². The summed E-state index contributed by atoms with van der Waals surface area (Å²) in [6.07, 6.45) is -3.17. The van der Waals surface area contributed by atoms with Crippen molar-refractivity contribution in [2.45, 2.75) is 25.6 Å². The van der Waals surface area contributed by atoms with Crippen molar-refractivity contribution in [3.05, 3.63) is 16.1 Å². The van der Waals surface area contributed by atoms with Crippen LogP contribution in [0.4, 0.5) is 0 Å². The number of hydrogen-bond acceptors (Lipinski definition) is 7. The van der Waals surface area contributed by atoms with Crippen LogP contribution in [0.3, 0.4) is 0 Å². The molecule has 0 saturated carbocycles. The van der Waals surface area contributed by atoms with Gasteiger partial charge in [-0.1, -0.05) is 0 Å². The molecule has 0 fully saturated rings. The summed E-state index contributed by atoms with van der Waals surface area (Å²) < 4.78 is 4.62. The van der Waals surface area contributed by atoms with Crippen molar-refractivity contribution in [3.63, 3.8) is 0 Å². The summed E-state index contributed by atoms with van der Waals surface area (Å²) in [5.74, 6) is -1.86. The number of aromatic carboxylic acids is 1. The van der Waals surface area contributed by atoms with Crippen LogP contribution in [0.5, 0.6) is 0 Å². The van der Waals surface area contributed by atoms with Crippen molar-refractivity contribution in [2.24, 2.45) is 0 Å². The predicted molar refractivity (Wildman–Crippen MR) is 61.3 cm³/mol. The van der Waals surface area contributed by atoms with Gasteiger partial charge in [-0.05, 0) is 6.92 Å². The number of aliphatic hydroxyl groups excluding tert-OH is 2. The molecule has 100 valence electrons. The van der Waals surface area contributed by atoms with Gasteiger partial charge >= 0.3 is 11.9 Å². The summed E-state index contributed by atoms with van der Waals surface area (Å²) in [6.45, 7) is 1.81. The Morgan fingerprint density at radius 3 is 2.67 bits per heavy atom. The molecule has 0 spiro atoms. The molecule has 3 N–H and O–H groups in total. The second-order valence-corrected chi connectivity index (χ2v) is 4.29. The fraction of sp³-hybridized carbons (Fsp3) is 0.500. The number of carboxylic acid groups (broad SMARTS) is 1. The van der Waals surface area contributed by atoms with E-state index in [1.807, 2.05) is 0 Å². The van der Waals surface area contributed by atoms with Gasteiger partial charge in [-0.25, -0.2) is 9.78 Å². The average molecular weight is 275 g/mol. The molecule has 18 heavy (non-hydrogen) atoms. The second kappa shape index (κ2) is 6.43. The SMILES string of the molecule is CCOC(=O)CC(O)C(O)c1nc(C(=O)O)cs1. The van der Waals surface area contributed by atoms with Crippen LogP contribution in [0.15, 0.2) is 5.38 Å². The van der Waals surface area contributed by atoms with E-state index in [4.69, 9.17) is 5.11 Å². The summed E-state index contributed by atoms with van der Waals surface area (Å²) in [4.78, 5) is 25.3. The molecule has 2 atom stereocenters. The highest BCUT2D eigenvalue weighted by atomic mass is 32.1. The average Bonchev–Trinajstić information content (AvgIpc) is 2.77. The first kappa shape index (κ1) is 14.6. The van der Waals surface area contributed by atoms with Crippen molar-refractivity contribution in [3.8, 4) is 0 Å². The van der Waals surface area contributed by atoms with Gasteiger partial charge in [-0.2, -0.15) is 0 Å². The van der Waals surface area contributed by atoms with Crippen LogP contribution in [-0.2, 0) is 9.53 Å². The summed E-state index contributed by atoms with van der Waals surface area (Å²) >= 11 is 0.901. The first-order valence-electron chi connectivity index (χ1n) is 5.16. The normalized spacial score (nSPS) is 13.9. The smallest absolute Gasteiger partial charge is 0.355 e. The van der Waals surface area contributed by atoms with E-state index in [0.29, 0.717) is 0 Å². The number of thiazole rings is 1. The van der Waals surface area contributed by atoms with Gasteiger partial charge in [0.25, 0.3) is 0 Å². The van der Waals surface area contributed by atoms with Crippen molar-refractivity contribution in [2.75, 3.05) is 6.61 Å².